The second-order valence-corrected chi connectivity index (χ2v) is 7.19. The predicted octanol–water partition coefficient (Wildman–Crippen LogP) is 2.85. The highest BCUT2D eigenvalue weighted by Gasteiger charge is 2.28. The fourth-order valence-corrected chi connectivity index (χ4v) is 2.16. The van der Waals surface area contributed by atoms with Gasteiger partial charge in [-0.1, -0.05) is 6.07 Å². The number of nitrogens with zero attached hydrogens (tertiary/aromatic N) is 1. The minimum Gasteiger partial charge on any atom is -0.598 e. The molecule has 19 heavy (non-hydrogen) atoms. The number of nitrogens with one attached hydrogen (secondary N) is 1. The lowest BCUT2D eigenvalue weighted by Crippen LogP contribution is -2.40. The summed E-state index contributed by atoms with van der Waals surface area (Å²) in [7, 11) is 0. The zero-order valence-corrected chi connectivity index (χ0v) is 12.1. The predicted molar refractivity (Wildman–Crippen MR) is 72.5 cm³/mol. The van der Waals surface area contributed by atoms with Gasteiger partial charge >= 0.3 is 5.69 Å². The van der Waals surface area contributed by atoms with Gasteiger partial charge in [-0.25, -0.2) is 0 Å². The Morgan fingerprint density at radius 3 is 2.42 bits per heavy atom. The summed E-state index contributed by atoms with van der Waals surface area (Å²) in [6.07, 6.45) is 0. The Labute approximate surface area is 114 Å². The molecule has 0 aliphatic carbocycles. The van der Waals surface area contributed by atoms with Gasteiger partial charge in [0.25, 0.3) is 0 Å². The van der Waals surface area contributed by atoms with Crippen LogP contribution in [0.4, 0.5) is 10.1 Å². The average Bonchev–Trinajstić information content (AvgIpc) is 2.26. The van der Waals surface area contributed by atoms with Crippen molar-refractivity contribution in [3.8, 4) is 0 Å². The SMILES string of the molecule is C[C@H](N[S@@+]([O-])C(C)(C)C)c1ccc([N+](=O)[O-])c(F)c1. The quantitative estimate of drug-likeness (QED) is 0.525. The van der Waals surface area contributed by atoms with Crippen LogP contribution in [0.1, 0.15) is 39.3 Å². The van der Waals surface area contributed by atoms with Gasteiger partial charge in [-0.2, -0.15) is 4.39 Å². The molecule has 1 aromatic carbocycles. The highest BCUT2D eigenvalue weighted by molar-refractivity contribution is 7.90. The molecule has 0 aliphatic rings. The standard InChI is InChI=1S/C12H17FN2O3S/c1-8(14-19(18)12(2,3)4)9-5-6-11(15(16)17)10(13)7-9/h5-8,14H,1-4H3/t8-,19-/m0/s1. The highest BCUT2D eigenvalue weighted by atomic mass is 32.2. The third-order valence-corrected chi connectivity index (χ3v) is 4.19. The summed E-state index contributed by atoms with van der Waals surface area (Å²) in [6, 6.07) is 3.30. The third-order valence-electron chi connectivity index (χ3n) is 2.51. The molecule has 7 heteroatoms. The van der Waals surface area contributed by atoms with Crippen LogP contribution in [0.25, 0.3) is 0 Å². The van der Waals surface area contributed by atoms with Crippen molar-refractivity contribution < 1.29 is 13.9 Å². The summed E-state index contributed by atoms with van der Waals surface area (Å²) in [5.41, 5.74) is -0.0476. The first-order valence-electron chi connectivity index (χ1n) is 5.75. The lowest BCUT2D eigenvalue weighted by molar-refractivity contribution is -0.387. The first-order chi connectivity index (χ1) is 8.62. The largest absolute Gasteiger partial charge is 0.598 e. The average molecular weight is 288 g/mol. The van der Waals surface area contributed by atoms with Gasteiger partial charge in [0, 0.05) is 17.4 Å². The summed E-state index contributed by atoms with van der Waals surface area (Å²) in [6.45, 7) is 7.18. The zero-order chi connectivity index (χ0) is 14.8. The molecule has 2 atom stereocenters. The molecule has 0 saturated carbocycles. The van der Waals surface area contributed by atoms with Crippen molar-refractivity contribution >= 4 is 17.0 Å². The van der Waals surface area contributed by atoms with E-state index in [4.69, 9.17) is 0 Å². The molecule has 1 rings (SSSR count). The minimum absolute atomic E-state index is 0.365. The van der Waals surface area contributed by atoms with Crippen molar-refractivity contribution in [2.24, 2.45) is 0 Å². The number of hydrogen-bond acceptors (Lipinski definition) is 4. The van der Waals surface area contributed by atoms with Crippen LogP contribution in [0.3, 0.4) is 0 Å². The van der Waals surface area contributed by atoms with E-state index < -0.39 is 32.5 Å². The Bertz CT molecular complexity index is 477. The Morgan fingerprint density at radius 2 is 2.00 bits per heavy atom. The lowest BCUT2D eigenvalue weighted by Gasteiger charge is -2.26. The van der Waals surface area contributed by atoms with Gasteiger partial charge in [-0.05, 0) is 39.3 Å². The highest BCUT2D eigenvalue weighted by Crippen LogP contribution is 2.24. The summed E-state index contributed by atoms with van der Waals surface area (Å²) < 4.78 is 27.8. The van der Waals surface area contributed by atoms with Crippen LogP contribution in [0.2, 0.25) is 0 Å². The van der Waals surface area contributed by atoms with Gasteiger partial charge in [0.1, 0.15) is 4.75 Å². The second kappa shape index (κ2) is 5.85. The lowest BCUT2D eigenvalue weighted by atomic mass is 10.1. The van der Waals surface area contributed by atoms with E-state index in [2.05, 4.69) is 4.72 Å². The van der Waals surface area contributed by atoms with Crippen molar-refractivity contribution in [2.45, 2.75) is 38.5 Å². The summed E-state index contributed by atoms with van der Waals surface area (Å²) in [5, 5.41) is 10.5. The fourth-order valence-electron chi connectivity index (χ4n) is 1.35. The first-order valence-corrected chi connectivity index (χ1v) is 6.90. The molecule has 0 saturated heterocycles. The van der Waals surface area contributed by atoms with Gasteiger partial charge < -0.3 is 4.55 Å². The van der Waals surface area contributed by atoms with Crippen molar-refractivity contribution in [3.63, 3.8) is 0 Å². The Kier molecular flexibility index (Phi) is 4.89. The van der Waals surface area contributed by atoms with Gasteiger partial charge in [-0.3, -0.25) is 10.1 Å². The molecule has 0 unspecified atom stereocenters. The maximum Gasteiger partial charge on any atom is 0.304 e. The molecular formula is C12H17FN2O3S. The van der Waals surface area contributed by atoms with E-state index in [-0.39, 0.29) is 6.04 Å². The number of nitro groups is 1. The summed E-state index contributed by atoms with van der Waals surface area (Å²) in [5.74, 6) is -0.891. The van der Waals surface area contributed by atoms with Crippen LogP contribution in [-0.2, 0) is 11.4 Å². The Morgan fingerprint density at radius 1 is 1.42 bits per heavy atom. The number of benzene rings is 1. The van der Waals surface area contributed by atoms with Crippen LogP contribution in [-0.4, -0.2) is 14.2 Å². The maximum absolute atomic E-state index is 13.5. The number of rotatable bonds is 4. The van der Waals surface area contributed by atoms with Crippen LogP contribution in [0.5, 0.6) is 0 Å². The smallest absolute Gasteiger partial charge is 0.304 e. The molecule has 106 valence electrons. The molecular weight excluding hydrogens is 271 g/mol. The minimum atomic E-state index is -1.29. The van der Waals surface area contributed by atoms with Gasteiger partial charge in [0.05, 0.1) is 11.0 Å². The molecule has 0 bridgehead atoms. The van der Waals surface area contributed by atoms with Crippen LogP contribution < -0.4 is 4.72 Å². The van der Waals surface area contributed by atoms with E-state index in [0.717, 1.165) is 12.1 Å². The molecule has 1 N–H and O–H groups in total. The van der Waals surface area contributed by atoms with E-state index in [1.165, 1.54) is 6.07 Å². The number of hydrogen-bond donors (Lipinski definition) is 1. The van der Waals surface area contributed by atoms with E-state index >= 15 is 0 Å². The van der Waals surface area contributed by atoms with E-state index in [1.807, 2.05) is 20.8 Å². The van der Waals surface area contributed by atoms with E-state index in [1.54, 1.807) is 6.92 Å². The molecule has 0 aromatic heterocycles. The summed E-state index contributed by atoms with van der Waals surface area (Å²) in [4.78, 5) is 9.74. The Balaban J connectivity index is 2.87. The molecule has 0 spiro atoms. The third kappa shape index (κ3) is 4.15. The van der Waals surface area contributed by atoms with Crippen LogP contribution >= 0.6 is 0 Å². The number of halogens is 1. The van der Waals surface area contributed by atoms with E-state index in [9.17, 15) is 19.1 Å². The molecule has 0 radical (unpaired) electrons. The molecule has 0 heterocycles. The van der Waals surface area contributed by atoms with Crippen molar-refractivity contribution in [1.29, 1.82) is 0 Å². The number of nitro benzene ring substituents is 1. The molecule has 1 aromatic rings. The second-order valence-electron chi connectivity index (χ2n) is 5.19. The topological polar surface area (TPSA) is 78.2 Å². The first kappa shape index (κ1) is 15.9. The normalized spacial score (nSPS) is 15.1. The molecule has 0 fully saturated rings. The molecule has 0 amide bonds. The zero-order valence-electron chi connectivity index (χ0n) is 11.3. The maximum atomic E-state index is 13.5. The summed E-state index contributed by atoms with van der Waals surface area (Å²) >= 11 is -1.29. The van der Waals surface area contributed by atoms with Gasteiger partial charge in [0.15, 0.2) is 0 Å². The molecule has 0 aliphatic heterocycles. The van der Waals surface area contributed by atoms with Crippen molar-refractivity contribution in [3.05, 3.63) is 39.7 Å². The monoisotopic (exact) mass is 288 g/mol. The van der Waals surface area contributed by atoms with Crippen LogP contribution in [0.15, 0.2) is 18.2 Å². The Hall–Kier alpha value is -1.18. The van der Waals surface area contributed by atoms with E-state index in [0.29, 0.717) is 5.56 Å². The van der Waals surface area contributed by atoms with Crippen molar-refractivity contribution in [2.75, 3.05) is 0 Å². The molecule has 5 nitrogen and oxygen atoms in total. The van der Waals surface area contributed by atoms with Crippen LogP contribution in [0, 0.1) is 15.9 Å². The van der Waals surface area contributed by atoms with Crippen molar-refractivity contribution in [1.82, 2.24) is 4.72 Å². The van der Waals surface area contributed by atoms with Gasteiger partial charge in [0.2, 0.25) is 5.82 Å². The fraction of sp³-hybridized carbons (Fsp3) is 0.500. The van der Waals surface area contributed by atoms with Gasteiger partial charge in [-0.15, -0.1) is 4.72 Å².